The highest BCUT2D eigenvalue weighted by Crippen LogP contribution is 2.25. The van der Waals surface area contributed by atoms with Gasteiger partial charge in [0.05, 0.1) is 5.92 Å². The first-order chi connectivity index (χ1) is 10.3. The second-order valence-electron chi connectivity index (χ2n) is 5.09. The van der Waals surface area contributed by atoms with Gasteiger partial charge in [0.2, 0.25) is 11.8 Å². The number of likely N-dealkylation sites (tertiary alicyclic amines) is 1. The minimum Gasteiger partial charge on any atom is -0.340 e. The average molecular weight is 291 g/mol. The van der Waals surface area contributed by atoms with Crippen LogP contribution < -0.4 is 0 Å². The number of carbonyl (C=O) groups is 1. The first-order valence-corrected chi connectivity index (χ1v) is 7.07. The number of amides is 1. The number of piperidine rings is 1. The van der Waals surface area contributed by atoms with Gasteiger partial charge in [0.15, 0.2) is 5.82 Å². The van der Waals surface area contributed by atoms with Crippen molar-refractivity contribution in [3.63, 3.8) is 0 Å². The molecule has 3 rings (SSSR count). The minimum atomic E-state index is 0.00207. The Kier molecular flexibility index (Phi) is 3.89. The second-order valence-corrected chi connectivity index (χ2v) is 5.09. The zero-order chi connectivity index (χ0) is 14.7. The number of carbonyl (C=O) groups excluding carboxylic acids is 1. The van der Waals surface area contributed by atoms with E-state index in [1.807, 2.05) is 11.8 Å². The van der Waals surface area contributed by atoms with E-state index >= 15 is 0 Å². The Labute approximate surface area is 121 Å². The number of aryl methyl sites for hydroxylation is 1. The lowest BCUT2D eigenvalue weighted by atomic mass is 9.98. The zero-order valence-corrected chi connectivity index (χ0v) is 11.8. The van der Waals surface area contributed by atoms with E-state index in [-0.39, 0.29) is 18.4 Å². The van der Waals surface area contributed by atoms with Crippen LogP contribution in [0.3, 0.4) is 0 Å². The van der Waals surface area contributed by atoms with E-state index in [2.05, 4.69) is 25.7 Å². The molecule has 2 aromatic rings. The number of hydrogen-bond donors (Lipinski definition) is 0. The van der Waals surface area contributed by atoms with Gasteiger partial charge < -0.3 is 9.42 Å². The molecule has 21 heavy (non-hydrogen) atoms. The lowest BCUT2D eigenvalue weighted by Gasteiger charge is -2.30. The Balaban J connectivity index is 1.63. The maximum absolute atomic E-state index is 12.2. The van der Waals surface area contributed by atoms with E-state index in [4.69, 9.17) is 4.52 Å². The molecule has 0 bridgehead atoms. The molecule has 0 radical (unpaired) electrons. The summed E-state index contributed by atoms with van der Waals surface area (Å²) in [5, 5.41) is 14.7. The van der Waals surface area contributed by atoms with Crippen molar-refractivity contribution in [1.82, 2.24) is 35.2 Å². The fraction of sp³-hybridized carbons (Fsp3) is 0.667. The van der Waals surface area contributed by atoms with Gasteiger partial charge in [0.1, 0.15) is 12.9 Å². The lowest BCUT2D eigenvalue weighted by Crippen LogP contribution is -2.41. The van der Waals surface area contributed by atoms with Crippen LogP contribution in [0.4, 0.5) is 0 Å². The van der Waals surface area contributed by atoms with Crippen molar-refractivity contribution in [3.8, 4) is 0 Å². The Morgan fingerprint density at radius 1 is 1.52 bits per heavy atom. The molecule has 0 spiro atoms. The molecule has 2 aromatic heterocycles. The van der Waals surface area contributed by atoms with Gasteiger partial charge >= 0.3 is 0 Å². The summed E-state index contributed by atoms with van der Waals surface area (Å²) in [7, 11) is 0. The van der Waals surface area contributed by atoms with Crippen LogP contribution >= 0.6 is 0 Å². The Bertz CT molecular complexity index is 595. The molecule has 1 aliphatic heterocycles. The zero-order valence-electron chi connectivity index (χ0n) is 11.8. The third kappa shape index (κ3) is 3.06. The molecule has 1 amide bonds. The third-order valence-electron chi connectivity index (χ3n) is 3.61. The summed E-state index contributed by atoms with van der Waals surface area (Å²) in [6.45, 7) is 3.49. The third-order valence-corrected chi connectivity index (χ3v) is 3.61. The first-order valence-electron chi connectivity index (χ1n) is 7.07. The molecular formula is C12H17N7O2. The molecule has 9 nitrogen and oxygen atoms in total. The first kappa shape index (κ1) is 13.7. The van der Waals surface area contributed by atoms with Gasteiger partial charge in [0, 0.05) is 19.5 Å². The number of aromatic nitrogens is 6. The summed E-state index contributed by atoms with van der Waals surface area (Å²) in [6.07, 6.45) is 4.07. The second kappa shape index (κ2) is 5.98. The highest BCUT2D eigenvalue weighted by Gasteiger charge is 2.28. The standard InChI is InChI=1S/C12H17N7O2/c1-2-10-14-12(21-15-10)9-4-3-5-18(6-9)11(20)7-19-8-13-16-17-19/h8-9H,2-7H2,1H3. The van der Waals surface area contributed by atoms with Gasteiger partial charge in [0.25, 0.3) is 0 Å². The number of tetrazole rings is 1. The number of rotatable bonds is 4. The summed E-state index contributed by atoms with van der Waals surface area (Å²) in [5.41, 5.74) is 0. The van der Waals surface area contributed by atoms with Crippen LogP contribution in [-0.2, 0) is 17.8 Å². The Hall–Kier alpha value is -2.32. The maximum Gasteiger partial charge on any atom is 0.244 e. The fourth-order valence-corrected chi connectivity index (χ4v) is 2.47. The van der Waals surface area contributed by atoms with Crippen LogP contribution in [-0.4, -0.2) is 54.2 Å². The van der Waals surface area contributed by atoms with Gasteiger partial charge in [-0.05, 0) is 23.3 Å². The molecule has 9 heteroatoms. The van der Waals surface area contributed by atoms with E-state index in [0.29, 0.717) is 18.3 Å². The smallest absolute Gasteiger partial charge is 0.244 e. The molecule has 1 fully saturated rings. The van der Waals surface area contributed by atoms with Gasteiger partial charge in [-0.25, -0.2) is 4.68 Å². The minimum absolute atomic E-state index is 0.00207. The van der Waals surface area contributed by atoms with Gasteiger partial charge in [-0.3, -0.25) is 4.79 Å². The van der Waals surface area contributed by atoms with Crippen LogP contribution in [0.2, 0.25) is 0 Å². The monoisotopic (exact) mass is 291 g/mol. The molecular weight excluding hydrogens is 274 g/mol. The molecule has 1 aliphatic rings. The predicted octanol–water partition coefficient (Wildman–Crippen LogP) is 0.0247. The molecule has 0 saturated carbocycles. The topological polar surface area (TPSA) is 103 Å². The molecule has 1 atom stereocenters. The highest BCUT2D eigenvalue weighted by atomic mass is 16.5. The quantitative estimate of drug-likeness (QED) is 0.782. The Morgan fingerprint density at radius 3 is 3.14 bits per heavy atom. The van der Waals surface area contributed by atoms with E-state index in [0.717, 1.165) is 25.8 Å². The van der Waals surface area contributed by atoms with Crippen molar-refractivity contribution in [1.29, 1.82) is 0 Å². The largest absolute Gasteiger partial charge is 0.340 e. The van der Waals surface area contributed by atoms with E-state index in [1.165, 1.54) is 11.0 Å². The van der Waals surface area contributed by atoms with E-state index in [1.54, 1.807) is 0 Å². The maximum atomic E-state index is 12.2. The fourth-order valence-electron chi connectivity index (χ4n) is 2.47. The van der Waals surface area contributed by atoms with Gasteiger partial charge in [-0.1, -0.05) is 12.1 Å². The van der Waals surface area contributed by atoms with Crippen molar-refractivity contribution in [2.45, 2.75) is 38.6 Å². The van der Waals surface area contributed by atoms with E-state index in [9.17, 15) is 4.79 Å². The molecule has 0 aromatic carbocycles. The predicted molar refractivity (Wildman–Crippen MR) is 70.0 cm³/mol. The van der Waals surface area contributed by atoms with Crippen molar-refractivity contribution in [2.24, 2.45) is 0 Å². The summed E-state index contributed by atoms with van der Waals surface area (Å²) >= 11 is 0. The SMILES string of the molecule is CCc1noc(C2CCCN(C(=O)Cn3cnnn3)C2)n1. The van der Waals surface area contributed by atoms with Crippen molar-refractivity contribution >= 4 is 5.91 Å². The summed E-state index contributed by atoms with van der Waals surface area (Å²) in [5.74, 6) is 1.46. The van der Waals surface area contributed by atoms with Gasteiger partial charge in [-0.15, -0.1) is 5.10 Å². The van der Waals surface area contributed by atoms with Crippen molar-refractivity contribution in [3.05, 3.63) is 18.0 Å². The average Bonchev–Trinajstić information content (AvgIpc) is 3.18. The summed E-state index contributed by atoms with van der Waals surface area (Å²) in [6, 6.07) is 0. The van der Waals surface area contributed by atoms with Crippen LogP contribution in [0.1, 0.15) is 37.4 Å². The highest BCUT2D eigenvalue weighted by molar-refractivity contribution is 5.76. The van der Waals surface area contributed by atoms with Crippen molar-refractivity contribution < 1.29 is 9.32 Å². The number of nitrogens with zero attached hydrogens (tertiary/aromatic N) is 7. The van der Waals surface area contributed by atoms with E-state index < -0.39 is 0 Å². The van der Waals surface area contributed by atoms with Crippen LogP contribution in [0.15, 0.2) is 10.9 Å². The molecule has 3 heterocycles. The van der Waals surface area contributed by atoms with Crippen LogP contribution in [0.25, 0.3) is 0 Å². The molecule has 0 aliphatic carbocycles. The van der Waals surface area contributed by atoms with Crippen molar-refractivity contribution in [2.75, 3.05) is 13.1 Å². The van der Waals surface area contributed by atoms with Gasteiger partial charge in [-0.2, -0.15) is 4.98 Å². The summed E-state index contributed by atoms with van der Waals surface area (Å²) < 4.78 is 6.72. The van der Waals surface area contributed by atoms with Crippen LogP contribution in [0, 0.1) is 0 Å². The molecule has 1 unspecified atom stereocenters. The van der Waals surface area contributed by atoms with Crippen LogP contribution in [0.5, 0.6) is 0 Å². The normalized spacial score (nSPS) is 18.9. The molecule has 112 valence electrons. The summed E-state index contributed by atoms with van der Waals surface area (Å²) in [4.78, 5) is 18.4. The molecule has 0 N–H and O–H groups in total. The molecule has 1 saturated heterocycles. The number of hydrogen-bond acceptors (Lipinski definition) is 7. The lowest BCUT2D eigenvalue weighted by molar-refractivity contribution is -0.133. The Morgan fingerprint density at radius 2 is 2.43 bits per heavy atom.